The van der Waals surface area contributed by atoms with Crippen molar-refractivity contribution in [3.05, 3.63) is 46.5 Å². The van der Waals surface area contributed by atoms with Crippen LogP contribution in [0.5, 0.6) is 5.75 Å². The van der Waals surface area contributed by atoms with Gasteiger partial charge < -0.3 is 4.74 Å². The van der Waals surface area contributed by atoms with Crippen molar-refractivity contribution in [3.63, 3.8) is 0 Å². The molecule has 22 heavy (non-hydrogen) atoms. The van der Waals surface area contributed by atoms with Crippen LogP contribution in [0.25, 0.3) is 5.57 Å². The van der Waals surface area contributed by atoms with Gasteiger partial charge in [-0.15, -0.1) is 0 Å². The number of rotatable bonds is 1. The van der Waals surface area contributed by atoms with E-state index in [9.17, 15) is 4.79 Å². The number of benzene rings is 1. The first-order valence-corrected chi connectivity index (χ1v) is 8.19. The van der Waals surface area contributed by atoms with Crippen LogP contribution in [-0.2, 0) is 11.2 Å². The van der Waals surface area contributed by atoms with Gasteiger partial charge in [0.25, 0.3) is 0 Å². The van der Waals surface area contributed by atoms with Crippen LogP contribution in [-0.4, -0.2) is 12.9 Å². The average molecular weight is 294 g/mol. The molecule has 0 bridgehead atoms. The molecule has 0 saturated heterocycles. The predicted molar refractivity (Wildman–Crippen MR) is 87.8 cm³/mol. The van der Waals surface area contributed by atoms with Gasteiger partial charge in [-0.2, -0.15) is 0 Å². The number of allylic oxidation sites excluding steroid dienone is 4. The van der Waals surface area contributed by atoms with Gasteiger partial charge in [0.05, 0.1) is 12.5 Å². The zero-order valence-electron chi connectivity index (χ0n) is 13.5. The highest BCUT2D eigenvalue weighted by atomic mass is 16.5. The van der Waals surface area contributed by atoms with Gasteiger partial charge in [-0.25, -0.2) is 0 Å². The summed E-state index contributed by atoms with van der Waals surface area (Å²) >= 11 is 0. The van der Waals surface area contributed by atoms with Crippen LogP contribution >= 0.6 is 0 Å². The molecule has 1 aromatic rings. The summed E-state index contributed by atoms with van der Waals surface area (Å²) in [5.74, 6) is 1.82. The van der Waals surface area contributed by atoms with Crippen LogP contribution in [0, 0.1) is 11.3 Å². The summed E-state index contributed by atoms with van der Waals surface area (Å²) in [4.78, 5) is 12.3. The highest BCUT2D eigenvalue weighted by molar-refractivity contribution is 5.96. The Balaban J connectivity index is 1.89. The van der Waals surface area contributed by atoms with Crippen LogP contribution in [0.1, 0.15) is 44.2 Å². The fourth-order valence-electron chi connectivity index (χ4n) is 4.58. The fourth-order valence-corrected chi connectivity index (χ4v) is 4.58. The van der Waals surface area contributed by atoms with Crippen LogP contribution in [0.2, 0.25) is 0 Å². The van der Waals surface area contributed by atoms with E-state index in [0.29, 0.717) is 18.1 Å². The molecule has 2 heteroatoms. The topological polar surface area (TPSA) is 26.3 Å². The smallest absolute Gasteiger partial charge is 0.146 e. The molecule has 4 rings (SSSR count). The third-order valence-electron chi connectivity index (χ3n) is 5.85. The zero-order chi connectivity index (χ0) is 15.5. The summed E-state index contributed by atoms with van der Waals surface area (Å²) in [7, 11) is 1.72. The van der Waals surface area contributed by atoms with Crippen molar-refractivity contribution in [1.29, 1.82) is 0 Å². The van der Waals surface area contributed by atoms with E-state index >= 15 is 0 Å². The van der Waals surface area contributed by atoms with Crippen LogP contribution in [0.3, 0.4) is 0 Å². The molecule has 1 aromatic carbocycles. The zero-order valence-corrected chi connectivity index (χ0v) is 13.5. The van der Waals surface area contributed by atoms with E-state index in [-0.39, 0.29) is 5.41 Å². The quantitative estimate of drug-likeness (QED) is 0.770. The lowest BCUT2D eigenvalue weighted by atomic mass is 9.63. The Labute approximate surface area is 131 Å². The monoisotopic (exact) mass is 294 g/mol. The van der Waals surface area contributed by atoms with E-state index in [4.69, 9.17) is 4.74 Å². The van der Waals surface area contributed by atoms with Gasteiger partial charge in [-0.3, -0.25) is 4.79 Å². The maximum atomic E-state index is 12.3. The molecular formula is C20H22O2. The molecule has 0 amide bonds. The van der Waals surface area contributed by atoms with Gasteiger partial charge in [0.1, 0.15) is 11.5 Å². The summed E-state index contributed by atoms with van der Waals surface area (Å²) in [6, 6.07) is 6.44. The largest absolute Gasteiger partial charge is 0.497 e. The minimum atomic E-state index is -0.225. The first kappa shape index (κ1) is 13.8. The van der Waals surface area contributed by atoms with Gasteiger partial charge in [0, 0.05) is 6.42 Å². The Hall–Kier alpha value is -1.83. The molecular weight excluding hydrogens is 272 g/mol. The van der Waals surface area contributed by atoms with Crippen molar-refractivity contribution in [2.45, 2.75) is 39.5 Å². The maximum Gasteiger partial charge on any atom is 0.146 e. The van der Waals surface area contributed by atoms with E-state index in [2.05, 4.69) is 38.1 Å². The molecule has 0 radical (unpaired) electrons. The molecule has 2 nitrogen and oxygen atoms in total. The second-order valence-corrected chi connectivity index (χ2v) is 7.10. The maximum absolute atomic E-state index is 12.3. The van der Waals surface area contributed by atoms with Gasteiger partial charge in [0.15, 0.2) is 0 Å². The second-order valence-electron chi connectivity index (χ2n) is 7.10. The fraction of sp³-hybridized carbons (Fsp3) is 0.450. The number of ether oxygens (including phenoxy) is 1. The third kappa shape index (κ3) is 1.70. The summed E-state index contributed by atoms with van der Waals surface area (Å²) in [6.45, 7) is 4.45. The van der Waals surface area contributed by atoms with Gasteiger partial charge in [-0.1, -0.05) is 19.1 Å². The Bertz CT molecular complexity index is 738. The lowest BCUT2D eigenvalue weighted by Crippen LogP contribution is -2.32. The van der Waals surface area contributed by atoms with Crippen LogP contribution < -0.4 is 4.74 Å². The summed E-state index contributed by atoms with van der Waals surface area (Å²) in [5, 5.41) is 0. The average Bonchev–Trinajstić information content (AvgIpc) is 2.82. The highest BCUT2D eigenvalue weighted by Gasteiger charge is 2.46. The SMILES string of the molecule is COc1ccc2c(c1)CC(C)C1=C2CCC2(C)C(=O)CC=C12. The summed E-state index contributed by atoms with van der Waals surface area (Å²) in [5.41, 5.74) is 6.78. The minimum absolute atomic E-state index is 0.225. The number of methoxy groups -OCH3 is 1. The summed E-state index contributed by atoms with van der Waals surface area (Å²) in [6.07, 6.45) is 5.81. The number of carbonyl (C=O) groups is 1. The van der Waals surface area contributed by atoms with Crippen LogP contribution in [0.15, 0.2) is 35.4 Å². The Morgan fingerprint density at radius 2 is 2.14 bits per heavy atom. The number of carbonyl (C=O) groups excluding carboxylic acids is 1. The van der Waals surface area contributed by atoms with E-state index in [1.54, 1.807) is 7.11 Å². The molecule has 0 fully saturated rings. The van der Waals surface area contributed by atoms with Gasteiger partial charge in [-0.05, 0) is 72.1 Å². The highest BCUT2D eigenvalue weighted by Crippen LogP contribution is 2.55. The van der Waals surface area contributed by atoms with E-state index in [1.165, 1.54) is 27.8 Å². The predicted octanol–water partition coefficient (Wildman–Crippen LogP) is 4.34. The molecule has 0 aliphatic heterocycles. The number of Topliss-reactive ketones (excluding diaryl/α,β-unsaturated/α-hetero) is 1. The van der Waals surface area contributed by atoms with Crippen molar-refractivity contribution < 1.29 is 9.53 Å². The number of hydrogen-bond acceptors (Lipinski definition) is 2. The van der Waals surface area contributed by atoms with Crippen LogP contribution in [0.4, 0.5) is 0 Å². The molecule has 114 valence electrons. The van der Waals surface area contributed by atoms with Crippen molar-refractivity contribution in [3.8, 4) is 5.75 Å². The normalized spacial score (nSPS) is 29.7. The lowest BCUT2D eigenvalue weighted by Gasteiger charge is -2.40. The summed E-state index contributed by atoms with van der Waals surface area (Å²) < 4.78 is 5.38. The van der Waals surface area contributed by atoms with E-state index in [0.717, 1.165) is 25.0 Å². The molecule has 0 saturated carbocycles. The van der Waals surface area contributed by atoms with Crippen molar-refractivity contribution >= 4 is 11.4 Å². The first-order chi connectivity index (χ1) is 10.5. The van der Waals surface area contributed by atoms with Crippen molar-refractivity contribution in [2.24, 2.45) is 11.3 Å². The van der Waals surface area contributed by atoms with E-state index < -0.39 is 0 Å². The number of ketones is 1. The number of fused-ring (bicyclic) bond motifs is 4. The molecule has 0 N–H and O–H groups in total. The number of hydrogen-bond donors (Lipinski definition) is 0. The molecule has 3 aliphatic carbocycles. The molecule has 2 unspecified atom stereocenters. The van der Waals surface area contributed by atoms with Gasteiger partial charge >= 0.3 is 0 Å². The minimum Gasteiger partial charge on any atom is -0.497 e. The molecule has 0 spiro atoms. The van der Waals surface area contributed by atoms with E-state index in [1.807, 2.05) is 0 Å². The molecule has 3 aliphatic rings. The third-order valence-corrected chi connectivity index (χ3v) is 5.85. The van der Waals surface area contributed by atoms with Crippen molar-refractivity contribution in [1.82, 2.24) is 0 Å². The molecule has 0 heterocycles. The molecule has 2 atom stereocenters. The van der Waals surface area contributed by atoms with Crippen molar-refractivity contribution in [2.75, 3.05) is 7.11 Å². The first-order valence-electron chi connectivity index (χ1n) is 8.19. The Kier molecular flexibility index (Phi) is 2.87. The standard InChI is InChI=1S/C20H22O2/c1-12-10-13-11-14(22-3)4-5-15(13)16-8-9-20(2)17(19(12)16)6-7-18(20)21/h4-6,11-12H,7-10H2,1-3H3. The van der Waals surface area contributed by atoms with Gasteiger partial charge in [0.2, 0.25) is 0 Å². The lowest BCUT2D eigenvalue weighted by molar-refractivity contribution is -0.124. The Morgan fingerprint density at radius 1 is 1.32 bits per heavy atom. The Morgan fingerprint density at radius 3 is 2.91 bits per heavy atom. The molecule has 0 aromatic heterocycles. The second kappa shape index (κ2) is 4.58.